The van der Waals surface area contributed by atoms with Crippen molar-refractivity contribution >= 4 is 19.0 Å². The van der Waals surface area contributed by atoms with Crippen LogP contribution >= 0.6 is 0 Å². The summed E-state index contributed by atoms with van der Waals surface area (Å²) in [6, 6.07) is 18.5. The molecule has 2 aromatic carbocycles. The molecule has 1 amide bonds. The van der Waals surface area contributed by atoms with Crippen molar-refractivity contribution in [3.63, 3.8) is 0 Å². The van der Waals surface area contributed by atoms with Crippen LogP contribution in [-0.4, -0.2) is 36.4 Å². The fourth-order valence-electron chi connectivity index (χ4n) is 2.75. The lowest BCUT2D eigenvalue weighted by Crippen LogP contribution is -2.37. The van der Waals surface area contributed by atoms with E-state index in [1.165, 1.54) is 11.6 Å². The zero-order valence-corrected chi connectivity index (χ0v) is 15.6. The summed E-state index contributed by atoms with van der Waals surface area (Å²) in [6.07, 6.45) is 5.31. The molecule has 0 aliphatic heterocycles. The number of hydrogen-bond acceptors (Lipinski definition) is 3. The van der Waals surface area contributed by atoms with Gasteiger partial charge in [0.2, 0.25) is 5.91 Å². The van der Waals surface area contributed by atoms with Gasteiger partial charge in [0.1, 0.15) is 0 Å². The van der Waals surface area contributed by atoms with Crippen LogP contribution in [-0.2, 0) is 17.8 Å². The molecule has 2 N–H and O–H groups in total. The first-order chi connectivity index (χ1) is 12.6. The highest BCUT2D eigenvalue weighted by atomic mass is 16.2. The van der Waals surface area contributed by atoms with Crippen molar-refractivity contribution in [1.29, 1.82) is 0 Å². The maximum atomic E-state index is 11.2. The largest absolute Gasteiger partial charge is 0.437 e. The Balaban J connectivity index is 1.88. The molecule has 0 saturated heterocycles. The molecule has 0 atom stereocenters. The predicted octanol–water partition coefficient (Wildman–Crippen LogP) is 2.99. The first-order valence-electron chi connectivity index (χ1n) is 9.03. The van der Waals surface area contributed by atoms with Gasteiger partial charge in [-0.05, 0) is 49.0 Å². The van der Waals surface area contributed by atoms with Crippen LogP contribution in [0.4, 0.5) is 0 Å². The molecule has 136 valence electrons. The van der Waals surface area contributed by atoms with E-state index in [9.17, 15) is 9.82 Å². The van der Waals surface area contributed by atoms with E-state index < -0.39 is 7.05 Å². The molecular weight excluding hydrogens is 323 g/mol. The highest BCUT2D eigenvalue weighted by Gasteiger charge is 2.15. The minimum Gasteiger partial charge on any atom is -0.437 e. The molecule has 4 nitrogen and oxygen atoms in total. The molecule has 0 fully saturated rings. The summed E-state index contributed by atoms with van der Waals surface area (Å²) in [5, 5.41) is 12.6. The lowest BCUT2D eigenvalue weighted by atomic mass is 9.84. The van der Waals surface area contributed by atoms with E-state index in [1.807, 2.05) is 37.2 Å². The maximum absolute atomic E-state index is 11.2. The number of amides is 1. The van der Waals surface area contributed by atoms with Gasteiger partial charge in [0.05, 0.1) is 0 Å². The standard InChI is InChI=1S/C21H27BN2O2/c1-22(26)24(16-6-9-18-7-4-3-5-8-18)17-20-12-10-19(11-13-20)14-15-21(25)23-2/h3-5,7-8,10-15,26H,6,9,16-17H2,1-2H3,(H,23,25)/b15-14+. The maximum Gasteiger partial charge on any atom is 0.376 e. The van der Waals surface area contributed by atoms with Gasteiger partial charge in [0.15, 0.2) is 0 Å². The molecule has 2 rings (SSSR count). The molecule has 0 spiro atoms. The van der Waals surface area contributed by atoms with Crippen LogP contribution in [0.15, 0.2) is 60.7 Å². The van der Waals surface area contributed by atoms with E-state index >= 15 is 0 Å². The average Bonchev–Trinajstić information content (AvgIpc) is 2.67. The lowest BCUT2D eigenvalue weighted by Gasteiger charge is -2.23. The van der Waals surface area contributed by atoms with Crippen molar-refractivity contribution in [3.8, 4) is 0 Å². The molecule has 0 bridgehead atoms. The minimum atomic E-state index is -0.487. The Kier molecular flexibility index (Phi) is 8.12. The van der Waals surface area contributed by atoms with Crippen molar-refractivity contribution in [2.45, 2.75) is 26.2 Å². The first-order valence-corrected chi connectivity index (χ1v) is 9.03. The number of nitrogens with zero attached hydrogens (tertiary/aromatic N) is 1. The van der Waals surface area contributed by atoms with Crippen molar-refractivity contribution in [1.82, 2.24) is 10.1 Å². The lowest BCUT2D eigenvalue weighted by molar-refractivity contribution is -0.115. The molecule has 0 heterocycles. The van der Waals surface area contributed by atoms with E-state index in [1.54, 1.807) is 13.1 Å². The summed E-state index contributed by atoms with van der Waals surface area (Å²) in [5.41, 5.74) is 3.44. The SMILES string of the molecule is CNC(=O)/C=C/c1ccc(CN(CCCc2ccccc2)B(C)O)cc1. The Bertz CT molecular complexity index is 700. The second-order valence-electron chi connectivity index (χ2n) is 6.38. The molecule has 26 heavy (non-hydrogen) atoms. The Morgan fingerprint density at radius 1 is 1.12 bits per heavy atom. The molecule has 0 aliphatic carbocycles. The van der Waals surface area contributed by atoms with Gasteiger partial charge in [-0.1, -0.05) is 54.6 Å². The van der Waals surface area contributed by atoms with Crippen molar-refractivity contribution in [2.24, 2.45) is 0 Å². The second kappa shape index (κ2) is 10.6. The highest BCUT2D eigenvalue weighted by molar-refractivity contribution is 6.45. The molecule has 2 aromatic rings. The highest BCUT2D eigenvalue weighted by Crippen LogP contribution is 2.11. The van der Waals surface area contributed by atoms with Gasteiger partial charge in [0, 0.05) is 19.7 Å². The number of hydrogen-bond donors (Lipinski definition) is 2. The molecule has 0 saturated carbocycles. The molecular formula is C21H27BN2O2. The summed E-state index contributed by atoms with van der Waals surface area (Å²) in [7, 11) is 1.12. The minimum absolute atomic E-state index is 0.118. The monoisotopic (exact) mass is 350 g/mol. The van der Waals surface area contributed by atoms with Gasteiger partial charge in [-0.15, -0.1) is 0 Å². The Morgan fingerprint density at radius 3 is 2.42 bits per heavy atom. The Hall–Kier alpha value is -2.37. The molecule has 0 radical (unpaired) electrons. The number of nitrogens with one attached hydrogen (secondary N) is 1. The van der Waals surface area contributed by atoms with Crippen LogP contribution in [0.5, 0.6) is 0 Å². The summed E-state index contributed by atoms with van der Waals surface area (Å²) in [5.74, 6) is -0.118. The van der Waals surface area contributed by atoms with E-state index in [0.29, 0.717) is 6.54 Å². The second-order valence-corrected chi connectivity index (χ2v) is 6.38. The van der Waals surface area contributed by atoms with Gasteiger partial charge in [-0.3, -0.25) is 4.79 Å². The molecule has 0 aromatic heterocycles. The fraction of sp³-hybridized carbons (Fsp3) is 0.286. The van der Waals surface area contributed by atoms with Crippen LogP contribution in [0.3, 0.4) is 0 Å². The summed E-state index contributed by atoms with van der Waals surface area (Å²) < 4.78 is 0. The molecule has 0 unspecified atom stereocenters. The van der Waals surface area contributed by atoms with Crippen molar-refractivity contribution in [3.05, 3.63) is 77.4 Å². The fourth-order valence-corrected chi connectivity index (χ4v) is 2.75. The van der Waals surface area contributed by atoms with Gasteiger partial charge in [-0.25, -0.2) is 0 Å². The summed E-state index contributed by atoms with van der Waals surface area (Å²) >= 11 is 0. The molecule has 5 heteroatoms. The van der Waals surface area contributed by atoms with E-state index in [0.717, 1.165) is 30.5 Å². The Morgan fingerprint density at radius 2 is 1.81 bits per heavy atom. The number of aryl methyl sites for hydroxylation is 1. The number of carbonyl (C=O) groups is 1. The normalized spacial score (nSPS) is 11.1. The van der Waals surface area contributed by atoms with Gasteiger partial charge < -0.3 is 15.2 Å². The van der Waals surface area contributed by atoms with Crippen LogP contribution in [0, 0.1) is 0 Å². The zero-order valence-electron chi connectivity index (χ0n) is 15.6. The van der Waals surface area contributed by atoms with E-state index in [2.05, 4.69) is 34.4 Å². The smallest absolute Gasteiger partial charge is 0.376 e. The van der Waals surface area contributed by atoms with Crippen LogP contribution < -0.4 is 5.32 Å². The third kappa shape index (κ3) is 6.86. The average molecular weight is 350 g/mol. The number of rotatable bonds is 9. The Labute approximate surface area is 156 Å². The number of carbonyl (C=O) groups excluding carboxylic acids is 1. The van der Waals surface area contributed by atoms with Crippen molar-refractivity contribution < 1.29 is 9.82 Å². The van der Waals surface area contributed by atoms with Crippen molar-refractivity contribution in [2.75, 3.05) is 13.6 Å². The topological polar surface area (TPSA) is 52.6 Å². The van der Waals surface area contributed by atoms with E-state index in [-0.39, 0.29) is 5.91 Å². The van der Waals surface area contributed by atoms with Crippen LogP contribution in [0.25, 0.3) is 6.08 Å². The van der Waals surface area contributed by atoms with Gasteiger partial charge in [-0.2, -0.15) is 0 Å². The van der Waals surface area contributed by atoms with Crippen LogP contribution in [0.1, 0.15) is 23.1 Å². The predicted molar refractivity (Wildman–Crippen MR) is 109 cm³/mol. The summed E-state index contributed by atoms with van der Waals surface area (Å²) in [4.78, 5) is 13.3. The summed E-state index contributed by atoms with van der Waals surface area (Å²) in [6.45, 7) is 3.35. The number of likely N-dealkylation sites (N-methyl/N-ethyl adjacent to an activating group) is 1. The third-order valence-electron chi connectivity index (χ3n) is 4.32. The van der Waals surface area contributed by atoms with E-state index in [4.69, 9.17) is 0 Å². The number of benzene rings is 2. The van der Waals surface area contributed by atoms with Gasteiger partial charge in [0.25, 0.3) is 0 Å². The third-order valence-corrected chi connectivity index (χ3v) is 4.32. The van der Waals surface area contributed by atoms with Crippen LogP contribution in [0.2, 0.25) is 6.82 Å². The van der Waals surface area contributed by atoms with Gasteiger partial charge >= 0.3 is 7.05 Å². The zero-order chi connectivity index (χ0) is 18.8. The molecule has 0 aliphatic rings. The quantitative estimate of drug-likeness (QED) is 0.540. The first kappa shape index (κ1) is 20.0.